The summed E-state index contributed by atoms with van der Waals surface area (Å²) in [5.74, 6) is 1.94. The van der Waals surface area contributed by atoms with Crippen LogP contribution in [0, 0.1) is 5.82 Å². The van der Waals surface area contributed by atoms with Crippen LogP contribution in [0.4, 0.5) is 4.39 Å². The molecule has 1 aromatic rings. The summed E-state index contributed by atoms with van der Waals surface area (Å²) in [5, 5.41) is 4.27. The van der Waals surface area contributed by atoms with E-state index < -0.39 is 0 Å². The van der Waals surface area contributed by atoms with Crippen molar-refractivity contribution in [1.82, 2.24) is 10.2 Å². The first-order valence-electron chi connectivity index (χ1n) is 9.58. The molecular formula is C20H31FIN3OS. The van der Waals surface area contributed by atoms with E-state index in [0.717, 1.165) is 63.0 Å². The molecule has 1 N–H and O–H groups in total. The van der Waals surface area contributed by atoms with E-state index in [4.69, 9.17) is 4.74 Å². The van der Waals surface area contributed by atoms with Gasteiger partial charge in [0.05, 0.1) is 0 Å². The van der Waals surface area contributed by atoms with Gasteiger partial charge in [0.1, 0.15) is 5.82 Å². The number of hydrogen-bond donors (Lipinski definition) is 1. The number of nitrogens with zero attached hydrogens (tertiary/aromatic N) is 2. The standard InChI is InChI=1S/C20H30FN3OS.HI/c1-3-18-14-24(9-12-26-18)19(22-2)23-15-20(7-10-25-11-8-20)16-5-4-6-17(21)13-16;/h4-6,13,18H,3,7-12,14-15H2,1-2H3,(H,22,23);1H. The topological polar surface area (TPSA) is 36.9 Å². The maximum Gasteiger partial charge on any atom is 0.193 e. The molecule has 2 aliphatic rings. The largest absolute Gasteiger partial charge is 0.381 e. The third-order valence-electron chi connectivity index (χ3n) is 5.58. The van der Waals surface area contributed by atoms with Gasteiger partial charge in [0.15, 0.2) is 5.96 Å². The molecule has 152 valence electrons. The van der Waals surface area contributed by atoms with Crippen LogP contribution in [0.5, 0.6) is 0 Å². The second-order valence-corrected chi connectivity index (χ2v) is 8.56. The first-order chi connectivity index (χ1) is 12.7. The molecule has 27 heavy (non-hydrogen) atoms. The zero-order chi connectivity index (χ0) is 18.4. The lowest BCUT2D eigenvalue weighted by atomic mass is 9.74. The van der Waals surface area contributed by atoms with Gasteiger partial charge in [-0.1, -0.05) is 19.1 Å². The molecule has 0 radical (unpaired) electrons. The summed E-state index contributed by atoms with van der Waals surface area (Å²) in [6.45, 7) is 6.50. The monoisotopic (exact) mass is 507 g/mol. The van der Waals surface area contributed by atoms with Crippen LogP contribution < -0.4 is 5.32 Å². The number of guanidine groups is 1. The summed E-state index contributed by atoms with van der Waals surface area (Å²) < 4.78 is 19.4. The van der Waals surface area contributed by atoms with Crippen molar-refractivity contribution < 1.29 is 9.13 Å². The maximum absolute atomic E-state index is 13.8. The highest BCUT2D eigenvalue weighted by Crippen LogP contribution is 2.34. The van der Waals surface area contributed by atoms with Crippen molar-refractivity contribution in [2.75, 3.05) is 45.6 Å². The van der Waals surface area contributed by atoms with E-state index in [2.05, 4.69) is 33.9 Å². The molecule has 1 unspecified atom stereocenters. The average molecular weight is 507 g/mol. The Balaban J connectivity index is 0.00000261. The van der Waals surface area contributed by atoms with Gasteiger partial charge in [0, 0.05) is 56.3 Å². The Kier molecular flexibility index (Phi) is 9.14. The molecule has 2 fully saturated rings. The summed E-state index contributed by atoms with van der Waals surface area (Å²) in [7, 11) is 1.85. The third-order valence-corrected chi connectivity index (χ3v) is 6.95. The Bertz CT molecular complexity index is 625. The molecule has 2 aliphatic heterocycles. The van der Waals surface area contributed by atoms with Crippen molar-refractivity contribution in [3.05, 3.63) is 35.6 Å². The molecule has 0 spiro atoms. The van der Waals surface area contributed by atoms with Crippen LogP contribution in [0.3, 0.4) is 0 Å². The highest BCUT2D eigenvalue weighted by Gasteiger charge is 2.35. The number of aliphatic imine (C=N–C) groups is 1. The number of halogens is 2. The van der Waals surface area contributed by atoms with Gasteiger partial charge in [-0.25, -0.2) is 4.39 Å². The quantitative estimate of drug-likeness (QED) is 0.381. The Labute approximate surface area is 183 Å². The molecular weight excluding hydrogens is 476 g/mol. The summed E-state index contributed by atoms with van der Waals surface area (Å²) >= 11 is 2.06. The lowest BCUT2D eigenvalue weighted by molar-refractivity contribution is 0.0510. The van der Waals surface area contributed by atoms with Gasteiger partial charge in [-0.3, -0.25) is 4.99 Å². The van der Waals surface area contributed by atoms with Gasteiger partial charge in [-0.2, -0.15) is 11.8 Å². The molecule has 4 nitrogen and oxygen atoms in total. The molecule has 0 bridgehead atoms. The summed E-state index contributed by atoms with van der Waals surface area (Å²) in [6, 6.07) is 7.05. The van der Waals surface area contributed by atoms with Crippen LogP contribution in [0.1, 0.15) is 31.7 Å². The Hall–Kier alpha value is -0.540. The molecule has 0 aliphatic carbocycles. The number of benzene rings is 1. The first kappa shape index (κ1) is 22.7. The minimum absolute atomic E-state index is 0. The SMILES string of the molecule is CCC1CN(C(=NC)NCC2(c3cccc(F)c3)CCOCC2)CCS1.I. The van der Waals surface area contributed by atoms with Gasteiger partial charge in [-0.15, -0.1) is 24.0 Å². The molecule has 3 rings (SSSR count). The zero-order valence-electron chi connectivity index (χ0n) is 16.2. The summed E-state index contributed by atoms with van der Waals surface area (Å²) in [4.78, 5) is 6.89. The molecule has 0 aromatic heterocycles. The second kappa shape index (κ2) is 10.9. The van der Waals surface area contributed by atoms with E-state index >= 15 is 0 Å². The second-order valence-electron chi connectivity index (χ2n) is 7.15. The first-order valence-corrected chi connectivity index (χ1v) is 10.6. The fourth-order valence-electron chi connectivity index (χ4n) is 3.89. The van der Waals surface area contributed by atoms with Crippen LogP contribution in [0.15, 0.2) is 29.3 Å². The predicted octanol–water partition coefficient (Wildman–Crippen LogP) is 3.89. The van der Waals surface area contributed by atoms with E-state index in [-0.39, 0.29) is 35.2 Å². The van der Waals surface area contributed by atoms with Crippen molar-refractivity contribution in [3.8, 4) is 0 Å². The molecule has 7 heteroatoms. The number of ether oxygens (including phenoxy) is 1. The lowest BCUT2D eigenvalue weighted by Crippen LogP contribution is -2.52. The van der Waals surface area contributed by atoms with E-state index in [9.17, 15) is 4.39 Å². The fourth-order valence-corrected chi connectivity index (χ4v) is 5.07. The average Bonchev–Trinajstić information content (AvgIpc) is 2.69. The van der Waals surface area contributed by atoms with Gasteiger partial charge in [0.2, 0.25) is 0 Å². The van der Waals surface area contributed by atoms with Crippen LogP contribution in [0.2, 0.25) is 0 Å². The smallest absolute Gasteiger partial charge is 0.193 e. The Morgan fingerprint density at radius 2 is 2.19 bits per heavy atom. The molecule has 2 heterocycles. The minimum Gasteiger partial charge on any atom is -0.381 e. The van der Waals surface area contributed by atoms with Crippen molar-refractivity contribution >= 4 is 41.7 Å². The number of rotatable bonds is 4. The summed E-state index contributed by atoms with van der Waals surface area (Å²) in [6.07, 6.45) is 2.98. The van der Waals surface area contributed by atoms with Crippen molar-refractivity contribution in [2.24, 2.45) is 4.99 Å². The molecule has 0 saturated carbocycles. The van der Waals surface area contributed by atoms with Crippen LogP contribution >= 0.6 is 35.7 Å². The van der Waals surface area contributed by atoms with Crippen LogP contribution in [0.25, 0.3) is 0 Å². The van der Waals surface area contributed by atoms with E-state index in [1.807, 2.05) is 19.2 Å². The van der Waals surface area contributed by atoms with Gasteiger partial charge in [-0.05, 0) is 37.0 Å². The number of thioether (sulfide) groups is 1. The normalized spacial score (nSPS) is 22.9. The van der Waals surface area contributed by atoms with Crippen LogP contribution in [-0.4, -0.2) is 61.8 Å². The highest BCUT2D eigenvalue weighted by atomic mass is 127. The predicted molar refractivity (Wildman–Crippen MR) is 123 cm³/mol. The molecule has 0 amide bonds. The van der Waals surface area contributed by atoms with E-state index in [1.54, 1.807) is 6.07 Å². The van der Waals surface area contributed by atoms with Gasteiger partial charge >= 0.3 is 0 Å². The zero-order valence-corrected chi connectivity index (χ0v) is 19.4. The van der Waals surface area contributed by atoms with Crippen molar-refractivity contribution in [1.29, 1.82) is 0 Å². The Morgan fingerprint density at radius 1 is 1.41 bits per heavy atom. The van der Waals surface area contributed by atoms with Crippen LogP contribution in [-0.2, 0) is 10.2 Å². The number of hydrogen-bond acceptors (Lipinski definition) is 3. The minimum atomic E-state index is -0.170. The van der Waals surface area contributed by atoms with Gasteiger partial charge in [0.25, 0.3) is 0 Å². The molecule has 1 atom stereocenters. The highest BCUT2D eigenvalue weighted by molar-refractivity contribution is 14.0. The fraction of sp³-hybridized carbons (Fsp3) is 0.650. The van der Waals surface area contributed by atoms with Gasteiger partial charge < -0.3 is 15.0 Å². The molecule has 2 saturated heterocycles. The van der Waals surface area contributed by atoms with Crippen molar-refractivity contribution in [3.63, 3.8) is 0 Å². The number of nitrogens with one attached hydrogen (secondary N) is 1. The molecule has 1 aromatic carbocycles. The Morgan fingerprint density at radius 3 is 2.85 bits per heavy atom. The maximum atomic E-state index is 13.8. The van der Waals surface area contributed by atoms with E-state index in [1.165, 1.54) is 12.5 Å². The van der Waals surface area contributed by atoms with E-state index in [0.29, 0.717) is 5.25 Å². The summed E-state index contributed by atoms with van der Waals surface area (Å²) in [5.41, 5.74) is 0.953. The van der Waals surface area contributed by atoms with Crippen molar-refractivity contribution in [2.45, 2.75) is 36.9 Å². The lowest BCUT2D eigenvalue weighted by Gasteiger charge is -2.40. The third kappa shape index (κ3) is 5.73.